The quantitative estimate of drug-likeness (QED) is 0.195. The van der Waals surface area contributed by atoms with Gasteiger partial charge in [0.1, 0.15) is 18.0 Å². The van der Waals surface area contributed by atoms with Crippen molar-refractivity contribution in [2.24, 2.45) is 0 Å². The van der Waals surface area contributed by atoms with Crippen molar-refractivity contribution in [3.63, 3.8) is 0 Å². The lowest BCUT2D eigenvalue weighted by molar-refractivity contribution is -0.122. The number of barbiturate groups is 1. The number of hydrogen-bond acceptors (Lipinski definition) is 5. The van der Waals surface area contributed by atoms with Crippen LogP contribution in [0.15, 0.2) is 60.2 Å². The van der Waals surface area contributed by atoms with Crippen molar-refractivity contribution in [3.05, 3.63) is 91.3 Å². The van der Waals surface area contributed by atoms with Crippen molar-refractivity contribution >= 4 is 63.8 Å². The topological polar surface area (TPSA) is 84.9 Å². The molecule has 1 aliphatic rings. The van der Waals surface area contributed by atoms with Gasteiger partial charge >= 0.3 is 6.03 Å². The van der Waals surface area contributed by atoms with Crippen LogP contribution in [0.25, 0.3) is 6.08 Å². The predicted molar refractivity (Wildman–Crippen MR) is 146 cm³/mol. The van der Waals surface area contributed by atoms with Crippen LogP contribution in [-0.2, 0) is 16.2 Å². The average molecular weight is 635 g/mol. The number of ether oxygens (including phenoxy) is 2. The van der Waals surface area contributed by atoms with E-state index in [1.165, 1.54) is 24.3 Å². The third kappa shape index (κ3) is 5.94. The van der Waals surface area contributed by atoms with Crippen LogP contribution >= 0.6 is 34.2 Å². The summed E-state index contributed by atoms with van der Waals surface area (Å²) >= 11 is 8.23. The molecule has 3 aromatic rings. The third-order valence-electron chi connectivity index (χ3n) is 5.43. The van der Waals surface area contributed by atoms with Crippen molar-refractivity contribution in [1.82, 2.24) is 5.32 Å². The van der Waals surface area contributed by atoms with Gasteiger partial charge in [-0.3, -0.25) is 14.9 Å². The van der Waals surface area contributed by atoms with Gasteiger partial charge in [-0.05, 0) is 95.6 Å². The molecule has 10 heteroatoms. The van der Waals surface area contributed by atoms with E-state index in [9.17, 15) is 18.8 Å². The molecule has 0 saturated carbocycles. The zero-order valence-corrected chi connectivity index (χ0v) is 22.7. The molecule has 0 spiro atoms. The molecule has 0 aliphatic carbocycles. The maximum Gasteiger partial charge on any atom is 0.335 e. The second-order valence-electron chi connectivity index (χ2n) is 8.07. The fourth-order valence-electron chi connectivity index (χ4n) is 3.64. The number of aryl methyl sites for hydroxylation is 1. The Labute approximate surface area is 231 Å². The number of imide groups is 2. The van der Waals surface area contributed by atoms with Crippen LogP contribution in [0.1, 0.15) is 23.6 Å². The minimum Gasteiger partial charge on any atom is -0.490 e. The minimum atomic E-state index is -0.863. The summed E-state index contributed by atoms with van der Waals surface area (Å²) in [5, 5.41) is 2.58. The van der Waals surface area contributed by atoms with E-state index in [4.69, 9.17) is 21.1 Å². The van der Waals surface area contributed by atoms with Crippen LogP contribution in [0.3, 0.4) is 0 Å². The van der Waals surface area contributed by atoms with E-state index in [1.807, 2.05) is 6.92 Å². The average Bonchev–Trinajstić information content (AvgIpc) is 2.83. The molecule has 0 bridgehead atoms. The first kappa shape index (κ1) is 26.6. The fourth-order valence-corrected chi connectivity index (χ4v) is 4.59. The number of urea groups is 1. The largest absolute Gasteiger partial charge is 0.490 e. The van der Waals surface area contributed by atoms with Gasteiger partial charge in [0.25, 0.3) is 11.8 Å². The number of halogens is 3. The molecule has 0 radical (unpaired) electrons. The maximum absolute atomic E-state index is 13.5. The Hall–Kier alpha value is -3.44. The SMILES string of the molecule is CCOc1cc(/C=C2/C(=O)NC(=O)N(c3ccc(C)c(Cl)c3)C2=O)cc(I)c1OCc1cccc(F)c1. The second-order valence-corrected chi connectivity index (χ2v) is 9.64. The molecular formula is C27H21ClFIN2O5. The number of benzene rings is 3. The van der Waals surface area contributed by atoms with E-state index in [0.29, 0.717) is 37.8 Å². The van der Waals surface area contributed by atoms with Gasteiger partial charge in [-0.15, -0.1) is 0 Å². The number of hydrogen-bond donors (Lipinski definition) is 1. The van der Waals surface area contributed by atoms with Crippen LogP contribution in [0, 0.1) is 16.3 Å². The highest BCUT2D eigenvalue weighted by Crippen LogP contribution is 2.36. The summed E-state index contributed by atoms with van der Waals surface area (Å²) in [6.45, 7) is 4.05. The Kier molecular flexibility index (Phi) is 8.13. The van der Waals surface area contributed by atoms with Crippen molar-refractivity contribution < 1.29 is 28.2 Å². The van der Waals surface area contributed by atoms with Gasteiger partial charge in [0.15, 0.2) is 11.5 Å². The van der Waals surface area contributed by atoms with E-state index in [-0.39, 0.29) is 23.7 Å². The molecule has 0 unspecified atom stereocenters. The normalized spacial score (nSPS) is 14.7. The van der Waals surface area contributed by atoms with Gasteiger partial charge in [0, 0.05) is 5.02 Å². The van der Waals surface area contributed by atoms with Crippen LogP contribution in [0.4, 0.5) is 14.9 Å². The fraction of sp³-hybridized carbons (Fsp3) is 0.148. The summed E-state index contributed by atoms with van der Waals surface area (Å²) in [6.07, 6.45) is 1.38. The first-order valence-corrected chi connectivity index (χ1v) is 12.6. The number of carbonyl (C=O) groups is 3. The second kappa shape index (κ2) is 11.3. The Morgan fingerprint density at radius 2 is 1.86 bits per heavy atom. The number of rotatable bonds is 7. The first-order valence-electron chi connectivity index (χ1n) is 11.2. The summed E-state index contributed by atoms with van der Waals surface area (Å²) < 4.78 is 25.9. The molecule has 7 nitrogen and oxygen atoms in total. The Morgan fingerprint density at radius 1 is 1.08 bits per heavy atom. The van der Waals surface area contributed by atoms with Crippen LogP contribution in [0.2, 0.25) is 5.02 Å². The molecule has 1 fully saturated rings. The van der Waals surface area contributed by atoms with E-state index < -0.39 is 17.8 Å². The highest BCUT2D eigenvalue weighted by molar-refractivity contribution is 14.1. The molecule has 1 aliphatic heterocycles. The van der Waals surface area contributed by atoms with E-state index in [2.05, 4.69) is 27.9 Å². The molecule has 0 atom stereocenters. The molecule has 37 heavy (non-hydrogen) atoms. The lowest BCUT2D eigenvalue weighted by atomic mass is 10.1. The highest BCUT2D eigenvalue weighted by atomic mass is 127. The number of anilines is 1. The minimum absolute atomic E-state index is 0.116. The van der Waals surface area contributed by atoms with Gasteiger partial charge in [-0.25, -0.2) is 14.1 Å². The molecule has 4 amide bonds. The summed E-state index contributed by atoms with van der Waals surface area (Å²) in [4.78, 5) is 39.2. The number of nitrogens with one attached hydrogen (secondary N) is 1. The molecular weight excluding hydrogens is 614 g/mol. The lowest BCUT2D eigenvalue weighted by Gasteiger charge is -2.26. The maximum atomic E-state index is 13.5. The Balaban J connectivity index is 1.67. The van der Waals surface area contributed by atoms with E-state index in [0.717, 1.165) is 10.5 Å². The van der Waals surface area contributed by atoms with E-state index in [1.54, 1.807) is 43.3 Å². The van der Waals surface area contributed by atoms with Gasteiger partial charge in [0.2, 0.25) is 0 Å². The molecule has 3 aromatic carbocycles. The Morgan fingerprint density at radius 3 is 2.57 bits per heavy atom. The van der Waals surface area contributed by atoms with Crippen molar-refractivity contribution in [2.45, 2.75) is 20.5 Å². The molecule has 1 saturated heterocycles. The number of nitrogens with zero attached hydrogens (tertiary/aromatic N) is 1. The van der Waals surface area contributed by atoms with Crippen molar-refractivity contribution in [3.8, 4) is 11.5 Å². The third-order valence-corrected chi connectivity index (χ3v) is 6.64. The molecule has 1 N–H and O–H groups in total. The van der Waals surface area contributed by atoms with Gasteiger partial charge in [-0.2, -0.15) is 0 Å². The van der Waals surface area contributed by atoms with Crippen molar-refractivity contribution in [1.29, 1.82) is 0 Å². The summed E-state index contributed by atoms with van der Waals surface area (Å²) in [5.74, 6) is -1.13. The smallest absolute Gasteiger partial charge is 0.335 e. The van der Waals surface area contributed by atoms with Gasteiger partial charge in [0.05, 0.1) is 15.9 Å². The standard InChI is InChI=1S/C27H21ClFIN2O5/c1-3-36-23-12-17(11-22(30)24(23)37-14-16-5-4-6-18(29)9-16)10-20-25(33)31-27(35)32(26(20)34)19-8-7-15(2)21(28)13-19/h4-13H,3,14H2,1-2H3,(H,31,33,35)/b20-10-. The van der Waals surface area contributed by atoms with Gasteiger partial charge < -0.3 is 9.47 Å². The summed E-state index contributed by atoms with van der Waals surface area (Å²) in [7, 11) is 0. The van der Waals surface area contributed by atoms with Crippen molar-refractivity contribution in [2.75, 3.05) is 11.5 Å². The monoisotopic (exact) mass is 634 g/mol. The zero-order chi connectivity index (χ0) is 26.7. The van der Waals surface area contributed by atoms with Gasteiger partial charge in [-0.1, -0.05) is 29.8 Å². The van der Waals surface area contributed by atoms with Crippen LogP contribution in [-0.4, -0.2) is 24.5 Å². The van der Waals surface area contributed by atoms with Crippen LogP contribution < -0.4 is 19.7 Å². The number of carbonyl (C=O) groups excluding carboxylic acids is 3. The zero-order valence-electron chi connectivity index (χ0n) is 19.8. The molecule has 1 heterocycles. The first-order chi connectivity index (χ1) is 17.7. The molecule has 190 valence electrons. The summed E-state index contributed by atoms with van der Waals surface area (Å²) in [5.41, 5.74) is 1.92. The molecule has 4 rings (SSSR count). The van der Waals surface area contributed by atoms with Crippen LogP contribution in [0.5, 0.6) is 11.5 Å². The highest BCUT2D eigenvalue weighted by Gasteiger charge is 2.37. The number of amides is 4. The summed E-state index contributed by atoms with van der Waals surface area (Å²) in [6, 6.07) is 13.3. The Bertz CT molecular complexity index is 1440. The van der Waals surface area contributed by atoms with E-state index >= 15 is 0 Å². The predicted octanol–water partition coefficient (Wildman–Crippen LogP) is 6.04. The lowest BCUT2D eigenvalue weighted by Crippen LogP contribution is -2.54. The molecule has 0 aromatic heterocycles.